The Bertz CT molecular complexity index is 456. The molecule has 0 N–H and O–H groups in total. The van der Waals surface area contributed by atoms with Crippen LogP contribution >= 0.6 is 0 Å². The van der Waals surface area contributed by atoms with Gasteiger partial charge in [-0.2, -0.15) is 0 Å². The minimum Gasteiger partial charge on any atom is -0.468 e. The third-order valence-electron chi connectivity index (χ3n) is 3.32. The number of esters is 1. The number of hydrogen-bond acceptors (Lipinski definition) is 4. The molecule has 4 nitrogen and oxygen atoms in total. The van der Waals surface area contributed by atoms with Crippen LogP contribution in [0.4, 0.5) is 0 Å². The van der Waals surface area contributed by atoms with Gasteiger partial charge >= 0.3 is 5.97 Å². The van der Waals surface area contributed by atoms with Crippen LogP contribution in [0.3, 0.4) is 0 Å². The van der Waals surface area contributed by atoms with Crippen LogP contribution in [0.5, 0.6) is 0 Å². The predicted molar refractivity (Wildman–Crippen MR) is 73.2 cm³/mol. The molecular weight excluding hydrogens is 242 g/mol. The number of methoxy groups -OCH3 is 1. The van der Waals surface area contributed by atoms with Crippen LogP contribution in [0.15, 0.2) is 35.3 Å². The number of aliphatic imine (C=N–C) groups is 1. The second kappa shape index (κ2) is 6.48. The summed E-state index contributed by atoms with van der Waals surface area (Å²) in [6.45, 7) is 3.02. The molecule has 0 spiro atoms. The SMILES string of the molecule is COC(=O)C1COCCC1=N[C@@H](C)c1ccccc1. The van der Waals surface area contributed by atoms with Gasteiger partial charge < -0.3 is 9.47 Å². The Morgan fingerprint density at radius 3 is 2.84 bits per heavy atom. The normalized spacial score (nSPS) is 23.1. The average Bonchev–Trinajstić information content (AvgIpc) is 2.48. The molecule has 0 saturated carbocycles. The monoisotopic (exact) mass is 261 g/mol. The molecule has 0 bridgehead atoms. The van der Waals surface area contributed by atoms with E-state index in [1.807, 2.05) is 37.3 Å². The van der Waals surface area contributed by atoms with Crippen molar-refractivity contribution in [3.8, 4) is 0 Å². The molecule has 2 rings (SSSR count). The van der Waals surface area contributed by atoms with E-state index >= 15 is 0 Å². The zero-order valence-corrected chi connectivity index (χ0v) is 11.3. The summed E-state index contributed by atoms with van der Waals surface area (Å²) in [4.78, 5) is 16.4. The first kappa shape index (κ1) is 13.7. The van der Waals surface area contributed by atoms with Crippen LogP contribution in [0.1, 0.15) is 24.9 Å². The van der Waals surface area contributed by atoms with Gasteiger partial charge in [-0.05, 0) is 12.5 Å². The van der Waals surface area contributed by atoms with Crippen LogP contribution in [-0.2, 0) is 14.3 Å². The number of carbonyl (C=O) groups is 1. The summed E-state index contributed by atoms with van der Waals surface area (Å²) < 4.78 is 10.1. The van der Waals surface area contributed by atoms with Crippen LogP contribution in [-0.4, -0.2) is 32.0 Å². The Morgan fingerprint density at radius 1 is 1.42 bits per heavy atom. The molecule has 2 atom stereocenters. The second-order valence-electron chi connectivity index (χ2n) is 4.61. The van der Waals surface area contributed by atoms with Gasteiger partial charge in [-0.1, -0.05) is 30.3 Å². The van der Waals surface area contributed by atoms with Gasteiger partial charge in [-0.15, -0.1) is 0 Å². The first-order chi connectivity index (χ1) is 9.22. The smallest absolute Gasteiger partial charge is 0.316 e. The fraction of sp³-hybridized carbons (Fsp3) is 0.467. The van der Waals surface area contributed by atoms with E-state index in [9.17, 15) is 4.79 Å². The Hall–Kier alpha value is -1.68. The Labute approximate surface area is 113 Å². The zero-order valence-electron chi connectivity index (χ0n) is 11.3. The molecule has 0 amide bonds. The maximum absolute atomic E-state index is 11.7. The fourth-order valence-electron chi connectivity index (χ4n) is 2.20. The first-order valence-electron chi connectivity index (χ1n) is 6.49. The standard InChI is InChI=1S/C15H19NO3/c1-11(12-6-4-3-5-7-12)16-14-8-9-19-10-13(14)15(17)18-2/h3-7,11,13H,8-10H2,1-2H3/t11-,13?/m0/s1. The van der Waals surface area contributed by atoms with Crippen molar-refractivity contribution in [1.29, 1.82) is 0 Å². The predicted octanol–water partition coefficient (Wildman–Crippen LogP) is 2.40. The molecule has 1 aromatic carbocycles. The molecule has 0 aromatic heterocycles. The Balaban J connectivity index is 2.17. The average molecular weight is 261 g/mol. The Morgan fingerprint density at radius 2 is 2.16 bits per heavy atom. The zero-order chi connectivity index (χ0) is 13.7. The molecule has 1 unspecified atom stereocenters. The van der Waals surface area contributed by atoms with Gasteiger partial charge in [0, 0.05) is 12.1 Å². The summed E-state index contributed by atoms with van der Waals surface area (Å²) in [5.41, 5.74) is 2.03. The highest BCUT2D eigenvalue weighted by Gasteiger charge is 2.29. The number of ether oxygens (including phenoxy) is 2. The van der Waals surface area contributed by atoms with Crippen molar-refractivity contribution in [3.63, 3.8) is 0 Å². The molecule has 1 aliphatic rings. The van der Waals surface area contributed by atoms with E-state index in [1.165, 1.54) is 7.11 Å². The molecular formula is C15H19NO3. The van der Waals surface area contributed by atoms with Crippen molar-refractivity contribution in [2.45, 2.75) is 19.4 Å². The first-order valence-corrected chi connectivity index (χ1v) is 6.49. The van der Waals surface area contributed by atoms with Crippen LogP contribution in [0.2, 0.25) is 0 Å². The van der Waals surface area contributed by atoms with Crippen molar-refractivity contribution in [2.75, 3.05) is 20.3 Å². The minimum atomic E-state index is -0.357. The fourth-order valence-corrected chi connectivity index (χ4v) is 2.20. The maximum atomic E-state index is 11.7. The van der Waals surface area contributed by atoms with E-state index in [0.717, 1.165) is 11.3 Å². The number of carbonyl (C=O) groups excluding carboxylic acids is 1. The van der Waals surface area contributed by atoms with Gasteiger partial charge in [-0.25, -0.2) is 0 Å². The maximum Gasteiger partial charge on any atom is 0.316 e. The van der Waals surface area contributed by atoms with Crippen molar-refractivity contribution in [2.24, 2.45) is 10.9 Å². The Kier molecular flexibility index (Phi) is 4.68. The molecule has 0 radical (unpaired) electrons. The van der Waals surface area contributed by atoms with E-state index < -0.39 is 0 Å². The third-order valence-corrected chi connectivity index (χ3v) is 3.32. The van der Waals surface area contributed by atoms with Crippen molar-refractivity contribution in [1.82, 2.24) is 0 Å². The van der Waals surface area contributed by atoms with Gasteiger partial charge in [-0.3, -0.25) is 9.79 Å². The minimum absolute atomic E-state index is 0.0430. The van der Waals surface area contributed by atoms with E-state index in [2.05, 4.69) is 0 Å². The molecule has 1 fully saturated rings. The van der Waals surface area contributed by atoms with Crippen LogP contribution < -0.4 is 0 Å². The highest BCUT2D eigenvalue weighted by atomic mass is 16.5. The highest BCUT2D eigenvalue weighted by molar-refractivity contribution is 6.02. The van der Waals surface area contributed by atoms with Gasteiger partial charge in [0.2, 0.25) is 0 Å². The molecule has 1 aromatic rings. The number of hydrogen-bond donors (Lipinski definition) is 0. The lowest BCUT2D eigenvalue weighted by Gasteiger charge is -2.23. The molecule has 19 heavy (non-hydrogen) atoms. The van der Waals surface area contributed by atoms with Gasteiger partial charge in [0.1, 0.15) is 5.92 Å². The largest absolute Gasteiger partial charge is 0.468 e. The topological polar surface area (TPSA) is 47.9 Å². The lowest BCUT2D eigenvalue weighted by atomic mass is 9.98. The van der Waals surface area contributed by atoms with E-state index in [4.69, 9.17) is 14.5 Å². The van der Waals surface area contributed by atoms with Crippen molar-refractivity contribution in [3.05, 3.63) is 35.9 Å². The number of rotatable bonds is 3. The van der Waals surface area contributed by atoms with Crippen LogP contribution in [0.25, 0.3) is 0 Å². The molecule has 1 aliphatic heterocycles. The van der Waals surface area contributed by atoms with Gasteiger partial charge in [0.25, 0.3) is 0 Å². The van der Waals surface area contributed by atoms with E-state index in [-0.39, 0.29) is 17.9 Å². The summed E-state index contributed by atoms with van der Waals surface area (Å²) in [6, 6.07) is 10.1. The van der Waals surface area contributed by atoms with Gasteiger partial charge in [0.15, 0.2) is 0 Å². The lowest BCUT2D eigenvalue weighted by molar-refractivity contribution is -0.145. The molecule has 1 saturated heterocycles. The number of benzene rings is 1. The summed E-state index contributed by atoms with van der Waals surface area (Å²) in [5, 5.41) is 0. The van der Waals surface area contributed by atoms with Gasteiger partial charge in [0.05, 0.1) is 26.4 Å². The summed E-state index contributed by atoms with van der Waals surface area (Å²) in [6.07, 6.45) is 0.691. The molecule has 0 aliphatic carbocycles. The summed E-state index contributed by atoms with van der Waals surface area (Å²) in [5.74, 6) is -0.622. The van der Waals surface area contributed by atoms with E-state index in [0.29, 0.717) is 19.6 Å². The second-order valence-corrected chi connectivity index (χ2v) is 4.61. The lowest BCUT2D eigenvalue weighted by Crippen LogP contribution is -2.35. The van der Waals surface area contributed by atoms with Crippen LogP contribution in [0, 0.1) is 5.92 Å². The van der Waals surface area contributed by atoms with Crippen molar-refractivity contribution < 1.29 is 14.3 Å². The third kappa shape index (κ3) is 3.41. The highest BCUT2D eigenvalue weighted by Crippen LogP contribution is 2.21. The van der Waals surface area contributed by atoms with E-state index in [1.54, 1.807) is 0 Å². The molecule has 102 valence electrons. The quantitative estimate of drug-likeness (QED) is 0.785. The summed E-state index contributed by atoms with van der Waals surface area (Å²) >= 11 is 0. The van der Waals surface area contributed by atoms with Crippen molar-refractivity contribution >= 4 is 11.7 Å². The molecule has 1 heterocycles. The molecule has 4 heteroatoms. The number of nitrogens with zero attached hydrogens (tertiary/aromatic N) is 1. The summed E-state index contributed by atoms with van der Waals surface area (Å²) in [7, 11) is 1.40.